The predicted molar refractivity (Wildman–Crippen MR) is 112 cm³/mol. The Bertz CT molecular complexity index is 867. The van der Waals surface area contributed by atoms with E-state index in [0.29, 0.717) is 17.8 Å². The van der Waals surface area contributed by atoms with E-state index in [1.165, 1.54) is 6.07 Å². The summed E-state index contributed by atoms with van der Waals surface area (Å²) in [7, 11) is 0. The molecular formula is C19H25N5O3S. The van der Waals surface area contributed by atoms with Crippen molar-refractivity contribution in [3.05, 3.63) is 45.0 Å². The van der Waals surface area contributed by atoms with E-state index in [9.17, 15) is 14.9 Å². The van der Waals surface area contributed by atoms with Crippen molar-refractivity contribution < 1.29 is 9.72 Å². The highest BCUT2D eigenvalue weighted by molar-refractivity contribution is 7.13. The molecule has 2 aromatic rings. The van der Waals surface area contributed by atoms with Gasteiger partial charge in [-0.3, -0.25) is 14.9 Å². The van der Waals surface area contributed by atoms with Crippen molar-refractivity contribution in [1.82, 2.24) is 10.3 Å². The summed E-state index contributed by atoms with van der Waals surface area (Å²) in [6, 6.07) is 4.70. The zero-order valence-corrected chi connectivity index (χ0v) is 17.2. The Kier molecular flexibility index (Phi) is 6.13. The van der Waals surface area contributed by atoms with Crippen molar-refractivity contribution in [2.24, 2.45) is 0 Å². The molecule has 150 valence electrons. The average Bonchev–Trinajstić information content (AvgIpc) is 2.93. The SMILES string of the molecule is Cc1csc(N2CCCN(c3ccc(C(=O)NC(C)C)cc3[N+](=O)[O-])CC2)n1. The van der Waals surface area contributed by atoms with Crippen LogP contribution < -0.4 is 15.1 Å². The Morgan fingerprint density at radius 1 is 1.25 bits per heavy atom. The topological polar surface area (TPSA) is 91.6 Å². The van der Waals surface area contributed by atoms with Gasteiger partial charge in [-0.2, -0.15) is 0 Å². The van der Waals surface area contributed by atoms with E-state index in [1.54, 1.807) is 23.5 Å². The first-order chi connectivity index (χ1) is 13.3. The van der Waals surface area contributed by atoms with Crippen LogP contribution in [0, 0.1) is 17.0 Å². The Balaban J connectivity index is 1.80. The molecule has 1 aliphatic heterocycles. The number of aromatic nitrogens is 1. The number of benzene rings is 1. The first-order valence-electron chi connectivity index (χ1n) is 9.36. The number of nitrogens with one attached hydrogen (secondary N) is 1. The van der Waals surface area contributed by atoms with E-state index in [4.69, 9.17) is 0 Å². The van der Waals surface area contributed by atoms with Gasteiger partial charge in [0.1, 0.15) is 5.69 Å². The summed E-state index contributed by atoms with van der Waals surface area (Å²) in [4.78, 5) is 32.3. The lowest BCUT2D eigenvalue weighted by Gasteiger charge is -2.23. The minimum atomic E-state index is -0.408. The maximum atomic E-state index is 12.2. The Labute approximate surface area is 168 Å². The summed E-state index contributed by atoms with van der Waals surface area (Å²) < 4.78 is 0. The highest BCUT2D eigenvalue weighted by atomic mass is 32.1. The molecular weight excluding hydrogens is 378 g/mol. The molecule has 0 bridgehead atoms. The van der Waals surface area contributed by atoms with Gasteiger partial charge in [0.05, 0.1) is 10.6 Å². The minimum absolute atomic E-state index is 0.0303. The van der Waals surface area contributed by atoms with E-state index in [-0.39, 0.29) is 17.6 Å². The second-order valence-electron chi connectivity index (χ2n) is 7.19. The maximum Gasteiger partial charge on any atom is 0.293 e. The molecule has 2 heterocycles. The van der Waals surface area contributed by atoms with Gasteiger partial charge in [0.25, 0.3) is 11.6 Å². The minimum Gasteiger partial charge on any atom is -0.364 e. The lowest BCUT2D eigenvalue weighted by molar-refractivity contribution is -0.384. The number of hydrogen-bond acceptors (Lipinski definition) is 7. The van der Waals surface area contributed by atoms with Crippen LogP contribution in [0.25, 0.3) is 0 Å². The van der Waals surface area contributed by atoms with E-state index in [2.05, 4.69) is 15.2 Å². The first-order valence-corrected chi connectivity index (χ1v) is 10.2. The molecule has 0 aliphatic carbocycles. The smallest absolute Gasteiger partial charge is 0.293 e. The molecule has 0 unspecified atom stereocenters. The summed E-state index contributed by atoms with van der Waals surface area (Å²) in [6.45, 7) is 8.69. The fourth-order valence-electron chi connectivity index (χ4n) is 3.26. The zero-order valence-electron chi connectivity index (χ0n) is 16.3. The van der Waals surface area contributed by atoms with Crippen molar-refractivity contribution >= 4 is 33.8 Å². The summed E-state index contributed by atoms with van der Waals surface area (Å²) >= 11 is 1.62. The first kappa shape index (κ1) is 20.1. The van der Waals surface area contributed by atoms with Gasteiger partial charge in [-0.15, -0.1) is 11.3 Å². The summed E-state index contributed by atoms with van der Waals surface area (Å²) in [5, 5.41) is 17.5. The van der Waals surface area contributed by atoms with Gasteiger partial charge in [0, 0.05) is 49.2 Å². The second kappa shape index (κ2) is 8.55. The molecule has 1 aliphatic rings. The van der Waals surface area contributed by atoms with Crippen LogP contribution in [-0.4, -0.2) is 48.0 Å². The van der Waals surface area contributed by atoms with Gasteiger partial charge in [-0.05, 0) is 39.3 Å². The van der Waals surface area contributed by atoms with Crippen molar-refractivity contribution in [1.29, 1.82) is 0 Å². The number of nitro benzene ring substituents is 1. The number of amides is 1. The quantitative estimate of drug-likeness (QED) is 0.609. The van der Waals surface area contributed by atoms with Crippen molar-refractivity contribution in [2.75, 3.05) is 36.0 Å². The highest BCUT2D eigenvalue weighted by Crippen LogP contribution is 2.31. The van der Waals surface area contributed by atoms with Gasteiger partial charge in [-0.1, -0.05) is 0 Å². The third-order valence-electron chi connectivity index (χ3n) is 4.57. The van der Waals surface area contributed by atoms with E-state index < -0.39 is 4.92 Å². The molecule has 0 atom stereocenters. The number of carbonyl (C=O) groups excluding carboxylic acids is 1. The van der Waals surface area contributed by atoms with Crippen LogP contribution in [0.15, 0.2) is 23.6 Å². The fourth-order valence-corrected chi connectivity index (χ4v) is 4.12. The Morgan fingerprint density at radius 2 is 1.96 bits per heavy atom. The fraction of sp³-hybridized carbons (Fsp3) is 0.474. The highest BCUT2D eigenvalue weighted by Gasteiger charge is 2.25. The molecule has 1 aromatic heterocycles. The molecule has 0 radical (unpaired) electrons. The monoisotopic (exact) mass is 403 g/mol. The third kappa shape index (κ3) is 4.59. The molecule has 1 amide bonds. The van der Waals surface area contributed by atoms with Gasteiger partial charge >= 0.3 is 0 Å². The number of thiazole rings is 1. The number of nitro groups is 1. The van der Waals surface area contributed by atoms with Crippen LogP contribution in [0.1, 0.15) is 36.3 Å². The van der Waals surface area contributed by atoms with E-state index >= 15 is 0 Å². The van der Waals surface area contributed by atoms with Crippen LogP contribution >= 0.6 is 11.3 Å². The standard InChI is InChI=1S/C19H25N5O3S/c1-13(2)20-18(25)15-5-6-16(17(11-15)24(26)27)22-7-4-8-23(10-9-22)19-21-14(3)12-28-19/h5-6,11-13H,4,7-10H2,1-3H3,(H,20,25). The van der Waals surface area contributed by atoms with E-state index in [0.717, 1.165) is 36.9 Å². The lowest BCUT2D eigenvalue weighted by atomic mass is 10.1. The zero-order chi connectivity index (χ0) is 20.3. The van der Waals surface area contributed by atoms with Crippen molar-refractivity contribution in [3.8, 4) is 0 Å². The average molecular weight is 404 g/mol. The van der Waals surface area contributed by atoms with Crippen LogP contribution in [0.2, 0.25) is 0 Å². The predicted octanol–water partition coefficient (Wildman–Crippen LogP) is 3.21. The van der Waals surface area contributed by atoms with Gasteiger partial charge in [0.2, 0.25) is 0 Å². The summed E-state index contributed by atoms with van der Waals surface area (Å²) in [5.41, 5.74) is 1.84. The number of aryl methyl sites for hydroxylation is 1. The molecule has 9 heteroatoms. The number of hydrogen-bond donors (Lipinski definition) is 1. The number of rotatable bonds is 5. The largest absolute Gasteiger partial charge is 0.364 e. The van der Waals surface area contributed by atoms with Gasteiger partial charge in [0.15, 0.2) is 5.13 Å². The normalized spacial score (nSPS) is 14.9. The van der Waals surface area contributed by atoms with Crippen molar-refractivity contribution in [2.45, 2.75) is 33.2 Å². The Hall–Kier alpha value is -2.68. The maximum absolute atomic E-state index is 12.2. The van der Waals surface area contributed by atoms with Crippen LogP contribution in [0.4, 0.5) is 16.5 Å². The molecule has 1 aromatic carbocycles. The number of nitrogens with zero attached hydrogens (tertiary/aromatic N) is 4. The summed E-state index contributed by atoms with van der Waals surface area (Å²) in [5.74, 6) is -0.300. The second-order valence-corrected chi connectivity index (χ2v) is 8.02. The van der Waals surface area contributed by atoms with Crippen LogP contribution in [-0.2, 0) is 0 Å². The molecule has 0 saturated carbocycles. The van der Waals surface area contributed by atoms with Gasteiger partial charge < -0.3 is 15.1 Å². The molecule has 1 N–H and O–H groups in total. The molecule has 28 heavy (non-hydrogen) atoms. The number of carbonyl (C=O) groups is 1. The molecule has 8 nitrogen and oxygen atoms in total. The van der Waals surface area contributed by atoms with Gasteiger partial charge in [-0.25, -0.2) is 4.98 Å². The molecule has 1 fully saturated rings. The molecule has 1 saturated heterocycles. The number of anilines is 2. The molecule has 3 rings (SSSR count). The Morgan fingerprint density at radius 3 is 2.61 bits per heavy atom. The lowest BCUT2D eigenvalue weighted by Crippen LogP contribution is -2.31. The molecule has 0 spiro atoms. The van der Waals surface area contributed by atoms with E-state index in [1.807, 2.05) is 31.1 Å². The van der Waals surface area contributed by atoms with Crippen LogP contribution in [0.3, 0.4) is 0 Å². The van der Waals surface area contributed by atoms with Crippen molar-refractivity contribution in [3.63, 3.8) is 0 Å². The summed E-state index contributed by atoms with van der Waals surface area (Å²) in [6.07, 6.45) is 0.880. The van der Waals surface area contributed by atoms with Crippen LogP contribution in [0.5, 0.6) is 0 Å². The third-order valence-corrected chi connectivity index (χ3v) is 5.59.